The fraction of sp³-hybridized carbons (Fsp3) is 0.471. The third-order valence-corrected chi connectivity index (χ3v) is 5.21. The van der Waals surface area contributed by atoms with Crippen LogP contribution in [0.2, 0.25) is 0 Å². The molecule has 0 amide bonds. The van der Waals surface area contributed by atoms with Crippen molar-refractivity contribution in [1.29, 1.82) is 0 Å². The van der Waals surface area contributed by atoms with E-state index < -0.39 is 52.5 Å². The van der Waals surface area contributed by atoms with Gasteiger partial charge in [-0.15, -0.1) is 0 Å². The van der Waals surface area contributed by atoms with E-state index in [1.807, 2.05) is 0 Å². The number of benzene rings is 1. The van der Waals surface area contributed by atoms with Gasteiger partial charge in [0.15, 0.2) is 0 Å². The summed E-state index contributed by atoms with van der Waals surface area (Å²) >= 11 is 0. The summed E-state index contributed by atoms with van der Waals surface area (Å²) < 4.78 is 84.1. The molecule has 1 saturated heterocycles. The lowest BCUT2D eigenvalue weighted by Crippen LogP contribution is -2.29. The van der Waals surface area contributed by atoms with E-state index in [1.165, 1.54) is 4.90 Å². The zero-order valence-corrected chi connectivity index (χ0v) is 15.2. The van der Waals surface area contributed by atoms with Gasteiger partial charge in [0.05, 0.1) is 16.4 Å². The van der Waals surface area contributed by atoms with Crippen molar-refractivity contribution in [3.8, 4) is 0 Å². The molecule has 3 rings (SSSR count). The van der Waals surface area contributed by atoms with Gasteiger partial charge in [-0.25, -0.2) is 9.18 Å². The molecule has 1 aliphatic heterocycles. The highest BCUT2D eigenvalue weighted by Gasteiger charge is 2.80. The van der Waals surface area contributed by atoms with E-state index in [2.05, 4.69) is 0 Å². The molecule has 2 fully saturated rings. The minimum atomic E-state index is -5.08. The Labute approximate surface area is 168 Å². The van der Waals surface area contributed by atoms with Crippen molar-refractivity contribution >= 4 is 17.9 Å². The Morgan fingerprint density at radius 2 is 1.39 bits per heavy atom. The van der Waals surface area contributed by atoms with Crippen molar-refractivity contribution in [2.75, 3.05) is 13.1 Å². The van der Waals surface area contributed by atoms with E-state index in [-0.39, 0.29) is 31.6 Å². The van der Waals surface area contributed by atoms with Crippen LogP contribution in [0.5, 0.6) is 0 Å². The fourth-order valence-electron chi connectivity index (χ4n) is 3.72. The van der Waals surface area contributed by atoms with Crippen LogP contribution in [-0.4, -0.2) is 57.4 Å². The van der Waals surface area contributed by atoms with E-state index >= 15 is 0 Å². The van der Waals surface area contributed by atoms with Crippen molar-refractivity contribution < 1.29 is 60.4 Å². The average Bonchev–Trinajstić information content (AvgIpc) is 3.12. The van der Waals surface area contributed by atoms with Gasteiger partial charge in [0, 0.05) is 19.6 Å². The number of carbonyl (C=O) groups is 3. The number of rotatable bonds is 4. The van der Waals surface area contributed by atoms with Crippen molar-refractivity contribution in [1.82, 2.24) is 4.90 Å². The van der Waals surface area contributed by atoms with Gasteiger partial charge < -0.3 is 15.3 Å². The standard InChI is InChI=1S/C15H13F4NO4.C2HF3O2/c16-9-1-2-10(15(17,18)19)8(3-9)4-20-6-13(11(21)22)5-14(13,7-20)12(23)24;3-2(4,5)1(6)7/h1-3H,4-7H2,(H,21,22)(H,23,24);(H,6,7)/t13-,14+;. The lowest BCUT2D eigenvalue weighted by Gasteiger charge is -2.22. The molecule has 0 spiro atoms. The van der Waals surface area contributed by atoms with Gasteiger partial charge in [0.1, 0.15) is 5.82 Å². The molecule has 3 N–H and O–H groups in total. The SMILES string of the molecule is O=C(O)C(F)(F)F.O=C(O)[C@@]12CN(Cc3cc(F)ccc3C(F)(F)F)C[C@]1(C(=O)O)C2. The first-order chi connectivity index (χ1) is 14.0. The minimum absolute atomic E-state index is 0.0452. The molecule has 2 aliphatic rings. The monoisotopic (exact) mass is 461 g/mol. The molecule has 0 aromatic heterocycles. The number of hydrogen-bond acceptors (Lipinski definition) is 4. The number of halogens is 7. The molecule has 0 bridgehead atoms. The summed E-state index contributed by atoms with van der Waals surface area (Å²) in [4.78, 5) is 33.1. The van der Waals surface area contributed by atoms with Crippen LogP contribution in [0.25, 0.3) is 0 Å². The third kappa shape index (κ3) is 4.57. The zero-order valence-electron chi connectivity index (χ0n) is 15.2. The molecule has 0 radical (unpaired) electrons. The topological polar surface area (TPSA) is 115 Å². The van der Waals surface area contributed by atoms with E-state index in [0.29, 0.717) is 12.1 Å². The lowest BCUT2D eigenvalue weighted by molar-refractivity contribution is -0.192. The highest BCUT2D eigenvalue weighted by Crippen LogP contribution is 2.68. The van der Waals surface area contributed by atoms with Crippen molar-refractivity contribution in [3.05, 3.63) is 35.1 Å². The first kappa shape index (κ1) is 24.4. The van der Waals surface area contributed by atoms with Gasteiger partial charge in [-0.3, -0.25) is 14.5 Å². The maximum Gasteiger partial charge on any atom is 0.490 e. The number of likely N-dealkylation sites (tertiary alicyclic amines) is 1. The smallest absolute Gasteiger partial charge is 0.481 e. The average molecular weight is 461 g/mol. The van der Waals surface area contributed by atoms with Crippen molar-refractivity contribution in [2.24, 2.45) is 10.8 Å². The van der Waals surface area contributed by atoms with Crippen LogP contribution in [0.4, 0.5) is 30.7 Å². The lowest BCUT2D eigenvalue weighted by atomic mass is 9.97. The molecule has 1 saturated carbocycles. The van der Waals surface area contributed by atoms with Crippen LogP contribution in [0, 0.1) is 16.6 Å². The Bertz CT molecular complexity index is 887. The number of carboxylic acid groups (broad SMARTS) is 3. The first-order valence-corrected chi connectivity index (χ1v) is 8.31. The van der Waals surface area contributed by atoms with Gasteiger partial charge in [0.25, 0.3) is 0 Å². The predicted molar refractivity (Wildman–Crippen MR) is 85.1 cm³/mol. The summed E-state index contributed by atoms with van der Waals surface area (Å²) in [6.45, 7) is -0.721. The van der Waals surface area contributed by atoms with E-state index in [0.717, 1.165) is 6.07 Å². The van der Waals surface area contributed by atoms with Crippen LogP contribution in [-0.2, 0) is 27.1 Å². The van der Waals surface area contributed by atoms with E-state index in [9.17, 15) is 50.5 Å². The maximum absolute atomic E-state index is 13.3. The molecule has 31 heavy (non-hydrogen) atoms. The Balaban J connectivity index is 0.000000423. The summed E-state index contributed by atoms with van der Waals surface area (Å²) in [5.41, 5.74) is -4.32. The second-order valence-corrected chi connectivity index (χ2v) is 7.20. The van der Waals surface area contributed by atoms with E-state index in [1.54, 1.807) is 0 Å². The second kappa shape index (κ2) is 7.66. The predicted octanol–water partition coefficient (Wildman–Crippen LogP) is 2.84. The Kier molecular flexibility index (Phi) is 6.02. The van der Waals surface area contributed by atoms with Crippen molar-refractivity contribution in [3.63, 3.8) is 0 Å². The quantitative estimate of drug-likeness (QED) is 0.591. The number of piperidine rings is 1. The zero-order chi connectivity index (χ0) is 24.0. The van der Waals surface area contributed by atoms with Crippen LogP contribution in [0.15, 0.2) is 18.2 Å². The Hall–Kier alpha value is -2.90. The van der Waals surface area contributed by atoms with Crippen LogP contribution in [0.3, 0.4) is 0 Å². The van der Waals surface area contributed by atoms with Crippen LogP contribution in [0.1, 0.15) is 17.5 Å². The largest absolute Gasteiger partial charge is 0.490 e. The molecule has 1 aromatic carbocycles. The number of nitrogens with zero attached hydrogens (tertiary/aromatic N) is 1. The van der Waals surface area contributed by atoms with E-state index in [4.69, 9.17) is 9.90 Å². The molecule has 0 unspecified atom stereocenters. The minimum Gasteiger partial charge on any atom is -0.481 e. The normalized spacial score (nSPS) is 25.3. The summed E-state index contributed by atoms with van der Waals surface area (Å²) in [5.74, 6) is -6.15. The first-order valence-electron chi connectivity index (χ1n) is 8.31. The highest BCUT2D eigenvalue weighted by atomic mass is 19.4. The maximum atomic E-state index is 13.3. The molecule has 1 aliphatic carbocycles. The summed E-state index contributed by atoms with van der Waals surface area (Å²) in [6, 6.07) is 2.07. The van der Waals surface area contributed by atoms with Crippen LogP contribution < -0.4 is 0 Å². The Morgan fingerprint density at radius 1 is 0.935 bits per heavy atom. The molecular weight excluding hydrogens is 447 g/mol. The number of aliphatic carboxylic acids is 3. The molecule has 7 nitrogen and oxygen atoms in total. The number of hydrogen-bond donors (Lipinski definition) is 3. The van der Waals surface area contributed by atoms with Gasteiger partial charge >= 0.3 is 30.3 Å². The van der Waals surface area contributed by atoms with Crippen LogP contribution >= 0.6 is 0 Å². The second-order valence-electron chi connectivity index (χ2n) is 7.20. The molecule has 2 atom stereocenters. The highest BCUT2D eigenvalue weighted by molar-refractivity contribution is 5.94. The third-order valence-electron chi connectivity index (χ3n) is 5.21. The Morgan fingerprint density at radius 3 is 1.74 bits per heavy atom. The van der Waals surface area contributed by atoms with Gasteiger partial charge in [-0.05, 0) is 30.2 Å². The number of alkyl halides is 6. The van der Waals surface area contributed by atoms with Gasteiger partial charge in [-0.1, -0.05) is 0 Å². The molecule has 14 heteroatoms. The summed E-state index contributed by atoms with van der Waals surface area (Å²) in [6.07, 6.45) is -9.81. The summed E-state index contributed by atoms with van der Waals surface area (Å²) in [7, 11) is 0. The molecule has 1 heterocycles. The number of carboxylic acids is 3. The number of fused-ring (bicyclic) bond motifs is 1. The summed E-state index contributed by atoms with van der Waals surface area (Å²) in [5, 5.41) is 25.7. The molecule has 1 aromatic rings. The van der Waals surface area contributed by atoms with Gasteiger partial charge in [-0.2, -0.15) is 26.3 Å². The molecule has 172 valence electrons. The van der Waals surface area contributed by atoms with Crippen molar-refractivity contribution in [2.45, 2.75) is 25.3 Å². The van der Waals surface area contributed by atoms with Gasteiger partial charge in [0.2, 0.25) is 0 Å². The fourth-order valence-corrected chi connectivity index (χ4v) is 3.72. The molecular formula is C17H14F7NO6.